The Kier molecular flexibility index (Phi) is 4.34. The van der Waals surface area contributed by atoms with Crippen LogP contribution in [-0.4, -0.2) is 24.0 Å². The monoisotopic (exact) mass is 264 g/mol. The molecule has 1 saturated heterocycles. The van der Waals surface area contributed by atoms with Crippen LogP contribution in [0.25, 0.3) is 0 Å². The molecule has 1 aliphatic carbocycles. The molecule has 2 aliphatic rings. The van der Waals surface area contributed by atoms with Crippen molar-refractivity contribution in [1.29, 1.82) is 0 Å². The lowest BCUT2D eigenvalue weighted by atomic mass is 10.2. The molecule has 100 valence electrons. The summed E-state index contributed by atoms with van der Waals surface area (Å²) in [5, 5.41) is 3.60. The molecule has 1 aromatic heterocycles. The zero-order valence-electron chi connectivity index (χ0n) is 11.2. The van der Waals surface area contributed by atoms with E-state index in [2.05, 4.69) is 22.3 Å². The van der Waals surface area contributed by atoms with Crippen molar-refractivity contribution >= 4 is 11.3 Å². The molecule has 18 heavy (non-hydrogen) atoms. The normalized spacial score (nSPS) is 22.0. The van der Waals surface area contributed by atoms with Crippen LogP contribution in [0.3, 0.4) is 0 Å². The summed E-state index contributed by atoms with van der Waals surface area (Å²) >= 11 is 2.00. The van der Waals surface area contributed by atoms with Gasteiger partial charge in [-0.1, -0.05) is 12.8 Å². The van der Waals surface area contributed by atoms with E-state index in [0.29, 0.717) is 0 Å². The van der Waals surface area contributed by atoms with Gasteiger partial charge in [-0.3, -0.25) is 4.90 Å². The third-order valence-electron chi connectivity index (χ3n) is 3.94. The first-order chi connectivity index (χ1) is 8.90. The van der Waals surface area contributed by atoms with Gasteiger partial charge >= 0.3 is 0 Å². The second-order valence-corrected chi connectivity index (χ2v) is 6.97. The molecule has 0 unspecified atom stereocenters. The van der Waals surface area contributed by atoms with E-state index >= 15 is 0 Å². The summed E-state index contributed by atoms with van der Waals surface area (Å²) in [4.78, 5) is 5.69. The molecule has 0 amide bonds. The Hall–Kier alpha value is -0.380. The quantitative estimate of drug-likeness (QED) is 0.877. The van der Waals surface area contributed by atoms with E-state index in [1.807, 2.05) is 11.3 Å². The maximum atomic E-state index is 3.60. The molecule has 2 fully saturated rings. The Morgan fingerprint density at radius 1 is 1.06 bits per heavy atom. The molecular weight excluding hydrogens is 240 g/mol. The largest absolute Gasteiger partial charge is 0.309 e. The fourth-order valence-electron chi connectivity index (χ4n) is 2.65. The number of nitrogens with zero attached hydrogens (tertiary/aromatic N) is 1. The Morgan fingerprint density at radius 3 is 2.50 bits per heavy atom. The molecule has 1 aliphatic heterocycles. The number of hydrogen-bond acceptors (Lipinski definition) is 3. The van der Waals surface area contributed by atoms with Gasteiger partial charge in [-0.25, -0.2) is 0 Å². The second kappa shape index (κ2) is 6.18. The summed E-state index contributed by atoms with van der Waals surface area (Å²) in [5.74, 6) is 0. The van der Waals surface area contributed by atoms with Crippen LogP contribution in [-0.2, 0) is 13.1 Å². The van der Waals surface area contributed by atoms with Crippen LogP contribution in [0, 0.1) is 0 Å². The zero-order chi connectivity index (χ0) is 12.2. The van der Waals surface area contributed by atoms with E-state index in [4.69, 9.17) is 0 Å². The van der Waals surface area contributed by atoms with E-state index < -0.39 is 0 Å². The highest BCUT2D eigenvalue weighted by molar-refractivity contribution is 7.11. The van der Waals surface area contributed by atoms with Crippen LogP contribution >= 0.6 is 11.3 Å². The highest BCUT2D eigenvalue weighted by Gasteiger charge is 2.20. The fourth-order valence-corrected chi connectivity index (χ4v) is 3.66. The van der Waals surface area contributed by atoms with Crippen LogP contribution in [0.15, 0.2) is 12.1 Å². The first kappa shape index (κ1) is 12.6. The zero-order valence-corrected chi connectivity index (χ0v) is 12.0. The van der Waals surface area contributed by atoms with Gasteiger partial charge in [0.15, 0.2) is 0 Å². The summed E-state index contributed by atoms with van der Waals surface area (Å²) in [7, 11) is 0. The van der Waals surface area contributed by atoms with Gasteiger partial charge in [0.25, 0.3) is 0 Å². The van der Waals surface area contributed by atoms with Crippen molar-refractivity contribution in [3.63, 3.8) is 0 Å². The van der Waals surface area contributed by atoms with E-state index in [-0.39, 0.29) is 0 Å². The van der Waals surface area contributed by atoms with Crippen molar-refractivity contribution in [2.45, 2.75) is 57.7 Å². The van der Waals surface area contributed by atoms with Gasteiger partial charge in [-0.05, 0) is 50.9 Å². The fraction of sp³-hybridized carbons (Fsp3) is 0.733. The molecule has 0 bridgehead atoms. The average molecular weight is 264 g/mol. The molecular formula is C15H24N2S. The van der Waals surface area contributed by atoms with Crippen LogP contribution < -0.4 is 5.32 Å². The van der Waals surface area contributed by atoms with Crippen LogP contribution in [0.1, 0.15) is 48.3 Å². The minimum Gasteiger partial charge on any atom is -0.309 e. The highest BCUT2D eigenvalue weighted by atomic mass is 32.1. The molecule has 3 rings (SSSR count). The minimum absolute atomic E-state index is 0.821. The number of nitrogens with one attached hydrogen (secondary N) is 1. The maximum Gasteiger partial charge on any atom is 0.0328 e. The topological polar surface area (TPSA) is 15.3 Å². The Morgan fingerprint density at radius 2 is 1.78 bits per heavy atom. The van der Waals surface area contributed by atoms with Gasteiger partial charge in [-0.2, -0.15) is 0 Å². The Balaban J connectivity index is 1.48. The molecule has 0 aromatic carbocycles. The summed E-state index contributed by atoms with van der Waals surface area (Å²) < 4.78 is 0. The van der Waals surface area contributed by atoms with Crippen LogP contribution in [0.2, 0.25) is 0 Å². The van der Waals surface area contributed by atoms with Crippen molar-refractivity contribution in [3.05, 3.63) is 21.9 Å². The van der Waals surface area contributed by atoms with Gasteiger partial charge in [0.1, 0.15) is 0 Å². The van der Waals surface area contributed by atoms with Crippen molar-refractivity contribution < 1.29 is 0 Å². The smallest absolute Gasteiger partial charge is 0.0328 e. The summed E-state index contributed by atoms with van der Waals surface area (Å²) in [6.45, 7) is 4.85. The first-order valence-corrected chi connectivity index (χ1v) is 8.25. The second-order valence-electron chi connectivity index (χ2n) is 5.71. The average Bonchev–Trinajstić information content (AvgIpc) is 3.14. The lowest BCUT2D eigenvalue weighted by Crippen LogP contribution is -2.23. The first-order valence-electron chi connectivity index (χ1n) is 7.43. The van der Waals surface area contributed by atoms with Crippen molar-refractivity contribution in [2.75, 3.05) is 13.1 Å². The van der Waals surface area contributed by atoms with E-state index in [1.54, 1.807) is 4.88 Å². The van der Waals surface area contributed by atoms with E-state index in [9.17, 15) is 0 Å². The minimum atomic E-state index is 0.821. The van der Waals surface area contributed by atoms with Gasteiger partial charge in [0, 0.05) is 28.9 Å². The summed E-state index contributed by atoms with van der Waals surface area (Å²) in [6.07, 6.45) is 8.40. The number of hydrogen-bond donors (Lipinski definition) is 1. The number of rotatable bonds is 5. The molecule has 2 heterocycles. The SMILES string of the molecule is c1cc(CN2CCCCCC2)sc1CNC1CC1. The van der Waals surface area contributed by atoms with E-state index in [0.717, 1.165) is 12.6 Å². The van der Waals surface area contributed by atoms with Gasteiger partial charge in [0.2, 0.25) is 0 Å². The van der Waals surface area contributed by atoms with Crippen molar-refractivity contribution in [3.8, 4) is 0 Å². The third-order valence-corrected chi connectivity index (χ3v) is 5.01. The maximum absolute atomic E-state index is 3.60. The number of thiophene rings is 1. The standard InChI is InChI=1S/C15H24N2S/c1-2-4-10-17(9-3-1)12-15-8-7-14(18-15)11-16-13-5-6-13/h7-8,13,16H,1-6,9-12H2. The lowest BCUT2D eigenvalue weighted by molar-refractivity contribution is 0.279. The molecule has 2 nitrogen and oxygen atoms in total. The summed E-state index contributed by atoms with van der Waals surface area (Å²) in [5.41, 5.74) is 0. The molecule has 1 saturated carbocycles. The Labute approximate surface area is 114 Å². The van der Waals surface area contributed by atoms with Gasteiger partial charge in [-0.15, -0.1) is 11.3 Å². The number of likely N-dealkylation sites (tertiary alicyclic amines) is 1. The Bertz CT molecular complexity index is 362. The third kappa shape index (κ3) is 3.81. The van der Waals surface area contributed by atoms with Crippen LogP contribution in [0.5, 0.6) is 0 Å². The van der Waals surface area contributed by atoms with Gasteiger partial charge < -0.3 is 5.32 Å². The molecule has 0 atom stereocenters. The van der Waals surface area contributed by atoms with E-state index in [1.165, 1.54) is 63.0 Å². The van der Waals surface area contributed by atoms with Gasteiger partial charge in [0.05, 0.1) is 0 Å². The van der Waals surface area contributed by atoms with Crippen molar-refractivity contribution in [2.24, 2.45) is 0 Å². The lowest BCUT2D eigenvalue weighted by Gasteiger charge is -2.18. The molecule has 1 aromatic rings. The molecule has 0 spiro atoms. The highest BCUT2D eigenvalue weighted by Crippen LogP contribution is 2.23. The van der Waals surface area contributed by atoms with Crippen LogP contribution in [0.4, 0.5) is 0 Å². The molecule has 3 heteroatoms. The predicted molar refractivity (Wildman–Crippen MR) is 77.9 cm³/mol. The summed E-state index contributed by atoms with van der Waals surface area (Å²) in [6, 6.07) is 5.47. The molecule has 1 N–H and O–H groups in total. The van der Waals surface area contributed by atoms with Crippen molar-refractivity contribution in [1.82, 2.24) is 10.2 Å². The molecule has 0 radical (unpaired) electrons. The predicted octanol–water partition coefficient (Wildman–Crippen LogP) is 3.38.